The highest BCUT2D eigenvalue weighted by atomic mass is 35.5. The minimum absolute atomic E-state index is 0.351. The summed E-state index contributed by atoms with van der Waals surface area (Å²) in [4.78, 5) is 0. The van der Waals surface area contributed by atoms with E-state index >= 15 is 0 Å². The van der Waals surface area contributed by atoms with Crippen molar-refractivity contribution >= 4 is 11.6 Å². The van der Waals surface area contributed by atoms with Gasteiger partial charge < -0.3 is 14.8 Å². The number of furan rings is 1. The second-order valence-electron chi connectivity index (χ2n) is 4.25. The Kier molecular flexibility index (Phi) is 4.42. The zero-order valence-corrected chi connectivity index (χ0v) is 10.9. The van der Waals surface area contributed by atoms with Gasteiger partial charge in [-0.3, -0.25) is 0 Å². The number of aliphatic hydroxyl groups is 1. The third-order valence-electron chi connectivity index (χ3n) is 2.53. The Labute approximate surface area is 111 Å². The van der Waals surface area contributed by atoms with Gasteiger partial charge in [-0.1, -0.05) is 11.6 Å². The molecule has 0 radical (unpaired) electrons. The number of benzene rings is 1. The maximum absolute atomic E-state index is 9.13. The van der Waals surface area contributed by atoms with Gasteiger partial charge in [-0.2, -0.15) is 0 Å². The summed E-state index contributed by atoms with van der Waals surface area (Å²) < 4.78 is 5.70. The summed E-state index contributed by atoms with van der Waals surface area (Å²) in [6.07, 6.45) is -0.351. The van der Waals surface area contributed by atoms with Gasteiger partial charge in [-0.15, -0.1) is 0 Å². The molecule has 0 unspecified atom stereocenters. The predicted octanol–water partition coefficient (Wildman–Crippen LogP) is 3.07. The summed E-state index contributed by atoms with van der Waals surface area (Å²) in [5.74, 6) is 1.67. The lowest BCUT2D eigenvalue weighted by molar-refractivity contribution is 0.190. The third kappa shape index (κ3) is 3.60. The number of hydrogen-bond acceptors (Lipinski definition) is 3. The summed E-state index contributed by atoms with van der Waals surface area (Å²) in [7, 11) is 0. The van der Waals surface area contributed by atoms with Crippen LogP contribution < -0.4 is 5.32 Å². The summed E-state index contributed by atoms with van der Waals surface area (Å²) in [6.45, 7) is 2.91. The van der Waals surface area contributed by atoms with E-state index < -0.39 is 0 Å². The van der Waals surface area contributed by atoms with Gasteiger partial charge in [-0.25, -0.2) is 0 Å². The van der Waals surface area contributed by atoms with Crippen molar-refractivity contribution < 1.29 is 9.52 Å². The summed E-state index contributed by atoms with van der Waals surface area (Å²) in [6, 6.07) is 11.4. The van der Waals surface area contributed by atoms with Crippen LogP contribution in [0.15, 0.2) is 40.8 Å². The Morgan fingerprint density at radius 3 is 2.61 bits per heavy atom. The lowest BCUT2D eigenvalue weighted by atomic mass is 10.2. The van der Waals surface area contributed by atoms with E-state index in [0.29, 0.717) is 18.1 Å². The number of rotatable bonds is 5. The smallest absolute Gasteiger partial charge is 0.134 e. The average molecular weight is 266 g/mol. The lowest BCUT2D eigenvalue weighted by Crippen LogP contribution is -2.23. The van der Waals surface area contributed by atoms with Crippen molar-refractivity contribution in [1.82, 2.24) is 5.32 Å². The molecule has 1 aromatic heterocycles. The fourth-order valence-corrected chi connectivity index (χ4v) is 1.77. The number of nitrogens with one attached hydrogen (secondary N) is 1. The molecule has 1 aromatic carbocycles. The van der Waals surface area contributed by atoms with Gasteiger partial charge in [-0.05, 0) is 43.3 Å². The van der Waals surface area contributed by atoms with Crippen LogP contribution in [0.25, 0.3) is 11.3 Å². The minimum atomic E-state index is -0.351. The monoisotopic (exact) mass is 265 g/mol. The normalized spacial score (nSPS) is 12.6. The predicted molar refractivity (Wildman–Crippen MR) is 72.5 cm³/mol. The molecule has 0 spiro atoms. The Bertz CT molecular complexity index is 491. The minimum Gasteiger partial charge on any atom is -0.460 e. The largest absolute Gasteiger partial charge is 0.460 e. The van der Waals surface area contributed by atoms with E-state index in [4.69, 9.17) is 21.1 Å². The second-order valence-corrected chi connectivity index (χ2v) is 4.69. The quantitative estimate of drug-likeness (QED) is 0.873. The summed E-state index contributed by atoms with van der Waals surface area (Å²) >= 11 is 5.84. The first kappa shape index (κ1) is 13.1. The summed E-state index contributed by atoms with van der Waals surface area (Å²) in [5.41, 5.74) is 1.00. The molecule has 0 amide bonds. The Balaban J connectivity index is 1.99. The lowest BCUT2D eigenvalue weighted by Gasteiger charge is -2.04. The van der Waals surface area contributed by atoms with Crippen LogP contribution >= 0.6 is 11.6 Å². The van der Waals surface area contributed by atoms with Crippen molar-refractivity contribution in [2.75, 3.05) is 6.54 Å². The molecule has 0 aliphatic carbocycles. The van der Waals surface area contributed by atoms with E-state index in [-0.39, 0.29) is 6.10 Å². The fraction of sp³-hybridized carbons (Fsp3) is 0.286. The zero-order valence-electron chi connectivity index (χ0n) is 10.2. The van der Waals surface area contributed by atoms with Crippen molar-refractivity contribution in [3.05, 3.63) is 47.2 Å². The first-order valence-corrected chi connectivity index (χ1v) is 6.26. The average Bonchev–Trinajstić information content (AvgIpc) is 2.78. The maximum atomic E-state index is 9.13. The van der Waals surface area contributed by atoms with Gasteiger partial charge in [0.2, 0.25) is 0 Å². The molecule has 18 heavy (non-hydrogen) atoms. The van der Waals surface area contributed by atoms with E-state index in [1.807, 2.05) is 36.4 Å². The van der Waals surface area contributed by atoms with Crippen molar-refractivity contribution in [2.24, 2.45) is 0 Å². The van der Waals surface area contributed by atoms with Gasteiger partial charge in [0.15, 0.2) is 0 Å². The highest BCUT2D eigenvalue weighted by Crippen LogP contribution is 2.23. The Morgan fingerprint density at radius 1 is 1.22 bits per heavy atom. The van der Waals surface area contributed by atoms with E-state index in [1.165, 1.54) is 0 Å². The topological polar surface area (TPSA) is 45.4 Å². The highest BCUT2D eigenvalue weighted by Gasteiger charge is 2.05. The molecule has 3 nitrogen and oxygen atoms in total. The molecular formula is C14H16ClNO2. The highest BCUT2D eigenvalue weighted by molar-refractivity contribution is 6.30. The number of halogens is 1. The molecule has 2 N–H and O–H groups in total. The van der Waals surface area contributed by atoms with E-state index in [1.54, 1.807) is 6.92 Å². The van der Waals surface area contributed by atoms with Crippen molar-refractivity contribution in [1.29, 1.82) is 0 Å². The maximum Gasteiger partial charge on any atom is 0.134 e. The van der Waals surface area contributed by atoms with E-state index in [9.17, 15) is 0 Å². The van der Waals surface area contributed by atoms with Crippen LogP contribution in [0.4, 0.5) is 0 Å². The van der Waals surface area contributed by atoms with Crippen LogP contribution in [-0.4, -0.2) is 17.8 Å². The first-order chi connectivity index (χ1) is 8.65. The molecule has 2 rings (SSSR count). The van der Waals surface area contributed by atoms with Gasteiger partial charge in [0, 0.05) is 17.1 Å². The zero-order chi connectivity index (χ0) is 13.0. The molecule has 1 atom stereocenters. The first-order valence-electron chi connectivity index (χ1n) is 5.88. The molecule has 0 aliphatic rings. The number of aliphatic hydroxyl groups excluding tert-OH is 1. The third-order valence-corrected chi connectivity index (χ3v) is 2.78. The van der Waals surface area contributed by atoms with Crippen LogP contribution in [0.3, 0.4) is 0 Å². The molecule has 2 aromatic rings. The Morgan fingerprint density at radius 2 is 1.94 bits per heavy atom. The van der Waals surface area contributed by atoms with Gasteiger partial charge in [0.1, 0.15) is 11.5 Å². The fourth-order valence-electron chi connectivity index (χ4n) is 1.65. The standard InChI is InChI=1S/C14H16ClNO2/c1-10(17)8-16-9-13-6-7-14(18-13)11-2-4-12(15)5-3-11/h2-7,10,16-17H,8-9H2,1H3/t10-/m0/s1. The molecule has 0 bridgehead atoms. The SMILES string of the molecule is C[C@H](O)CNCc1ccc(-c2ccc(Cl)cc2)o1. The van der Waals surface area contributed by atoms with Gasteiger partial charge in [0.05, 0.1) is 12.6 Å². The van der Waals surface area contributed by atoms with Crippen LogP contribution in [0.2, 0.25) is 5.02 Å². The van der Waals surface area contributed by atoms with Crippen LogP contribution in [-0.2, 0) is 6.54 Å². The van der Waals surface area contributed by atoms with Gasteiger partial charge in [0.25, 0.3) is 0 Å². The summed E-state index contributed by atoms with van der Waals surface area (Å²) in [5, 5.41) is 13.0. The van der Waals surface area contributed by atoms with Crippen LogP contribution in [0.5, 0.6) is 0 Å². The molecule has 4 heteroatoms. The Hall–Kier alpha value is -1.29. The molecule has 1 heterocycles. The van der Waals surface area contributed by atoms with Crippen LogP contribution in [0, 0.1) is 0 Å². The van der Waals surface area contributed by atoms with Crippen molar-refractivity contribution in [2.45, 2.75) is 19.6 Å². The molecule has 0 aliphatic heterocycles. The molecular weight excluding hydrogens is 250 g/mol. The number of hydrogen-bond donors (Lipinski definition) is 2. The van der Waals surface area contributed by atoms with Crippen molar-refractivity contribution in [3.8, 4) is 11.3 Å². The van der Waals surface area contributed by atoms with Crippen LogP contribution in [0.1, 0.15) is 12.7 Å². The van der Waals surface area contributed by atoms with E-state index in [2.05, 4.69) is 5.32 Å². The second kappa shape index (κ2) is 6.05. The van der Waals surface area contributed by atoms with E-state index in [0.717, 1.165) is 17.1 Å². The molecule has 0 saturated heterocycles. The van der Waals surface area contributed by atoms with Crippen molar-refractivity contribution in [3.63, 3.8) is 0 Å². The molecule has 96 valence electrons. The van der Waals surface area contributed by atoms with Gasteiger partial charge >= 0.3 is 0 Å². The molecule has 0 saturated carbocycles. The molecule has 0 fully saturated rings.